The SMILES string of the molecule is NCc1ccc(Oc2ccc3ccccc3c2Br)c(Br)c1. The minimum absolute atomic E-state index is 0.512. The van der Waals surface area contributed by atoms with E-state index in [0.29, 0.717) is 6.54 Å². The Balaban J connectivity index is 2.00. The second kappa shape index (κ2) is 6.18. The second-order valence-electron chi connectivity index (χ2n) is 4.67. The van der Waals surface area contributed by atoms with E-state index >= 15 is 0 Å². The first-order chi connectivity index (χ1) is 10.2. The summed E-state index contributed by atoms with van der Waals surface area (Å²) in [5.41, 5.74) is 6.70. The van der Waals surface area contributed by atoms with Gasteiger partial charge in [-0.15, -0.1) is 0 Å². The van der Waals surface area contributed by atoms with Crippen molar-refractivity contribution in [3.63, 3.8) is 0 Å². The first-order valence-electron chi connectivity index (χ1n) is 6.52. The van der Waals surface area contributed by atoms with Gasteiger partial charge < -0.3 is 10.5 Å². The zero-order valence-electron chi connectivity index (χ0n) is 11.1. The molecule has 0 saturated carbocycles. The lowest BCUT2D eigenvalue weighted by Crippen LogP contribution is -1.96. The van der Waals surface area contributed by atoms with Gasteiger partial charge in [-0.25, -0.2) is 0 Å². The number of fused-ring (bicyclic) bond motifs is 1. The van der Waals surface area contributed by atoms with E-state index in [-0.39, 0.29) is 0 Å². The predicted molar refractivity (Wildman–Crippen MR) is 93.8 cm³/mol. The normalized spacial score (nSPS) is 10.8. The van der Waals surface area contributed by atoms with Crippen LogP contribution in [0.2, 0.25) is 0 Å². The fraction of sp³-hybridized carbons (Fsp3) is 0.0588. The molecular weight excluding hydrogens is 394 g/mol. The first kappa shape index (κ1) is 14.6. The van der Waals surface area contributed by atoms with Crippen LogP contribution in [0.1, 0.15) is 5.56 Å². The molecular formula is C17H13Br2NO. The van der Waals surface area contributed by atoms with Crippen molar-refractivity contribution in [1.29, 1.82) is 0 Å². The van der Waals surface area contributed by atoms with E-state index in [0.717, 1.165) is 31.4 Å². The Morgan fingerprint density at radius 1 is 0.905 bits per heavy atom. The van der Waals surface area contributed by atoms with Gasteiger partial charge in [-0.1, -0.05) is 36.4 Å². The van der Waals surface area contributed by atoms with E-state index in [4.69, 9.17) is 10.5 Å². The van der Waals surface area contributed by atoms with Crippen LogP contribution in [-0.4, -0.2) is 0 Å². The van der Waals surface area contributed by atoms with Crippen LogP contribution in [0.3, 0.4) is 0 Å². The summed E-state index contributed by atoms with van der Waals surface area (Å²) >= 11 is 7.16. The van der Waals surface area contributed by atoms with Gasteiger partial charge in [0, 0.05) is 6.54 Å². The number of rotatable bonds is 3. The predicted octanol–water partition coefficient (Wildman–Crippen LogP) is 5.62. The molecule has 21 heavy (non-hydrogen) atoms. The number of ether oxygens (including phenoxy) is 1. The van der Waals surface area contributed by atoms with E-state index in [2.05, 4.69) is 50.1 Å². The Morgan fingerprint density at radius 2 is 1.67 bits per heavy atom. The summed E-state index contributed by atoms with van der Waals surface area (Å²) in [6.07, 6.45) is 0. The van der Waals surface area contributed by atoms with Crippen LogP contribution in [0.25, 0.3) is 10.8 Å². The highest BCUT2D eigenvalue weighted by Gasteiger charge is 2.09. The maximum absolute atomic E-state index is 6.01. The maximum Gasteiger partial charge on any atom is 0.142 e. The molecule has 0 fully saturated rings. The summed E-state index contributed by atoms with van der Waals surface area (Å²) in [6, 6.07) is 18.1. The molecule has 2 nitrogen and oxygen atoms in total. The third-order valence-electron chi connectivity index (χ3n) is 3.28. The fourth-order valence-electron chi connectivity index (χ4n) is 2.16. The molecule has 2 N–H and O–H groups in total. The Kier molecular flexibility index (Phi) is 4.29. The van der Waals surface area contributed by atoms with Crippen molar-refractivity contribution in [1.82, 2.24) is 0 Å². The van der Waals surface area contributed by atoms with E-state index in [9.17, 15) is 0 Å². The minimum atomic E-state index is 0.512. The second-order valence-corrected chi connectivity index (χ2v) is 6.32. The van der Waals surface area contributed by atoms with Gasteiger partial charge in [-0.2, -0.15) is 0 Å². The van der Waals surface area contributed by atoms with Crippen LogP contribution < -0.4 is 10.5 Å². The molecule has 0 amide bonds. The summed E-state index contributed by atoms with van der Waals surface area (Å²) in [6.45, 7) is 0.512. The van der Waals surface area contributed by atoms with Crippen molar-refractivity contribution in [2.45, 2.75) is 6.54 Å². The monoisotopic (exact) mass is 405 g/mol. The lowest BCUT2D eigenvalue weighted by molar-refractivity contribution is 0.477. The van der Waals surface area contributed by atoms with Crippen molar-refractivity contribution >= 4 is 42.6 Å². The van der Waals surface area contributed by atoms with Crippen LogP contribution in [0, 0.1) is 0 Å². The Morgan fingerprint density at radius 3 is 2.43 bits per heavy atom. The molecule has 0 heterocycles. The van der Waals surface area contributed by atoms with E-state index in [1.165, 1.54) is 5.39 Å². The topological polar surface area (TPSA) is 35.2 Å². The van der Waals surface area contributed by atoms with Crippen molar-refractivity contribution in [2.75, 3.05) is 0 Å². The molecule has 4 heteroatoms. The highest BCUT2D eigenvalue weighted by atomic mass is 79.9. The summed E-state index contributed by atoms with van der Waals surface area (Å²) in [5, 5.41) is 2.30. The van der Waals surface area contributed by atoms with E-state index in [1.807, 2.05) is 36.4 Å². The van der Waals surface area contributed by atoms with Gasteiger partial charge in [0.1, 0.15) is 11.5 Å². The van der Waals surface area contributed by atoms with Gasteiger partial charge in [0.25, 0.3) is 0 Å². The smallest absolute Gasteiger partial charge is 0.142 e. The van der Waals surface area contributed by atoms with Crippen LogP contribution >= 0.6 is 31.9 Å². The molecule has 0 atom stereocenters. The summed E-state index contributed by atoms with van der Waals surface area (Å²) in [5.74, 6) is 1.55. The summed E-state index contributed by atoms with van der Waals surface area (Å²) in [7, 11) is 0. The molecule has 3 aromatic rings. The van der Waals surface area contributed by atoms with Gasteiger partial charge >= 0.3 is 0 Å². The standard InChI is InChI=1S/C17H13Br2NO/c18-14-9-11(10-20)5-7-15(14)21-16-8-6-12-3-1-2-4-13(12)17(16)19/h1-9H,10,20H2. The molecule has 0 radical (unpaired) electrons. The lowest BCUT2D eigenvalue weighted by atomic mass is 10.1. The van der Waals surface area contributed by atoms with Gasteiger partial charge in [0.15, 0.2) is 0 Å². The number of hydrogen-bond acceptors (Lipinski definition) is 2. The third-order valence-corrected chi connectivity index (χ3v) is 4.72. The van der Waals surface area contributed by atoms with Crippen molar-refractivity contribution in [3.05, 3.63) is 69.1 Å². The van der Waals surface area contributed by atoms with E-state index in [1.54, 1.807) is 0 Å². The molecule has 3 rings (SSSR count). The van der Waals surface area contributed by atoms with Crippen LogP contribution in [0.5, 0.6) is 11.5 Å². The molecule has 3 aromatic carbocycles. The molecule has 0 aliphatic heterocycles. The zero-order valence-corrected chi connectivity index (χ0v) is 14.3. The molecule has 0 saturated heterocycles. The number of nitrogens with two attached hydrogens (primary N) is 1. The Hall–Kier alpha value is -1.36. The fourth-order valence-corrected chi connectivity index (χ4v) is 3.25. The average Bonchev–Trinajstić information content (AvgIpc) is 2.52. The quantitative estimate of drug-likeness (QED) is 0.612. The third kappa shape index (κ3) is 2.98. The highest BCUT2D eigenvalue weighted by Crippen LogP contribution is 2.38. The molecule has 0 spiro atoms. The highest BCUT2D eigenvalue weighted by molar-refractivity contribution is 9.11. The van der Waals surface area contributed by atoms with Crippen molar-refractivity contribution in [2.24, 2.45) is 5.73 Å². The number of hydrogen-bond donors (Lipinski definition) is 1. The number of benzene rings is 3. The molecule has 0 aliphatic carbocycles. The number of halogens is 2. The van der Waals surface area contributed by atoms with Gasteiger partial charge in [-0.05, 0) is 66.4 Å². The zero-order chi connectivity index (χ0) is 14.8. The molecule has 0 aromatic heterocycles. The minimum Gasteiger partial charge on any atom is -0.455 e. The largest absolute Gasteiger partial charge is 0.455 e. The van der Waals surface area contributed by atoms with Crippen LogP contribution in [-0.2, 0) is 6.54 Å². The van der Waals surface area contributed by atoms with Crippen LogP contribution in [0.4, 0.5) is 0 Å². The van der Waals surface area contributed by atoms with E-state index < -0.39 is 0 Å². The molecule has 106 valence electrons. The molecule has 0 bridgehead atoms. The van der Waals surface area contributed by atoms with Crippen LogP contribution in [0.15, 0.2) is 63.5 Å². The maximum atomic E-state index is 6.01. The first-order valence-corrected chi connectivity index (χ1v) is 8.11. The summed E-state index contributed by atoms with van der Waals surface area (Å²) in [4.78, 5) is 0. The Labute approximate surface area is 140 Å². The average molecular weight is 407 g/mol. The lowest BCUT2D eigenvalue weighted by Gasteiger charge is -2.12. The van der Waals surface area contributed by atoms with Crippen molar-refractivity contribution < 1.29 is 4.74 Å². The van der Waals surface area contributed by atoms with Crippen molar-refractivity contribution in [3.8, 4) is 11.5 Å². The van der Waals surface area contributed by atoms with Gasteiger partial charge in [0.05, 0.1) is 8.95 Å². The molecule has 0 unspecified atom stereocenters. The Bertz CT molecular complexity index is 802. The van der Waals surface area contributed by atoms with Gasteiger partial charge in [-0.3, -0.25) is 0 Å². The molecule has 0 aliphatic rings. The summed E-state index contributed by atoms with van der Waals surface area (Å²) < 4.78 is 7.86. The van der Waals surface area contributed by atoms with Gasteiger partial charge in [0.2, 0.25) is 0 Å².